The van der Waals surface area contributed by atoms with Gasteiger partial charge in [-0.2, -0.15) is 0 Å². The molecule has 0 saturated carbocycles. The monoisotopic (exact) mass is 187 g/mol. The van der Waals surface area contributed by atoms with E-state index in [1.54, 1.807) is 0 Å². The molecule has 0 heterocycles. The molecule has 0 heteroatoms. The van der Waals surface area contributed by atoms with Crippen LogP contribution < -0.4 is 0 Å². The topological polar surface area (TPSA) is 0 Å². The van der Waals surface area contributed by atoms with E-state index in [0.29, 0.717) is 0 Å². The van der Waals surface area contributed by atoms with E-state index in [9.17, 15) is 0 Å². The minimum Gasteiger partial charge on any atom is -0.0693 e. The molecule has 75 valence electrons. The van der Waals surface area contributed by atoms with Crippen molar-refractivity contribution in [1.82, 2.24) is 0 Å². The van der Waals surface area contributed by atoms with Crippen LogP contribution in [-0.4, -0.2) is 0 Å². The van der Waals surface area contributed by atoms with Crippen LogP contribution in [0.4, 0.5) is 0 Å². The van der Waals surface area contributed by atoms with Crippen molar-refractivity contribution >= 4 is 6.08 Å². The van der Waals surface area contributed by atoms with Crippen LogP contribution in [0.3, 0.4) is 0 Å². The van der Waals surface area contributed by atoms with Crippen molar-refractivity contribution in [3.8, 4) is 0 Å². The molecule has 0 nitrogen and oxygen atoms in total. The molecule has 0 aliphatic rings. The Morgan fingerprint density at radius 2 is 1.93 bits per heavy atom. The maximum atomic E-state index is 4.07. The maximum Gasteiger partial charge on any atom is -0.0257 e. The highest BCUT2D eigenvalue weighted by Crippen LogP contribution is 2.12. The van der Waals surface area contributed by atoms with Crippen LogP contribution in [0.15, 0.2) is 35.9 Å². The third-order valence-corrected chi connectivity index (χ3v) is 2.27. The first kappa shape index (κ1) is 11.0. The summed E-state index contributed by atoms with van der Waals surface area (Å²) in [5, 5.41) is 0. The van der Waals surface area contributed by atoms with Gasteiger partial charge >= 0.3 is 0 Å². The summed E-state index contributed by atoms with van der Waals surface area (Å²) in [5.74, 6) is 0. The van der Waals surface area contributed by atoms with Gasteiger partial charge in [-0.25, -0.2) is 0 Å². The molecule has 0 aliphatic heterocycles. The fourth-order valence-electron chi connectivity index (χ4n) is 1.46. The summed E-state index contributed by atoms with van der Waals surface area (Å²) in [6.45, 7) is 6.29. The lowest BCUT2D eigenvalue weighted by atomic mass is 10.1. The van der Waals surface area contributed by atoms with Crippen LogP contribution >= 0.6 is 0 Å². The summed E-state index contributed by atoms with van der Waals surface area (Å²) in [6.07, 6.45) is 7.15. The zero-order valence-corrected chi connectivity index (χ0v) is 9.00. The molecule has 1 rings (SSSR count). The molecule has 1 aromatic rings. The predicted octanol–water partition coefficient (Wildman–Crippen LogP) is 4.48. The fraction of sp³-hybridized carbons (Fsp3) is 0.357. The molecule has 0 saturated heterocycles. The smallest absolute Gasteiger partial charge is 0.0257 e. The molecule has 0 spiro atoms. The molecule has 0 bridgehead atoms. The highest BCUT2D eigenvalue weighted by Gasteiger charge is 1.91. The van der Waals surface area contributed by atoms with Crippen molar-refractivity contribution in [2.24, 2.45) is 0 Å². The second-order valence-electron chi connectivity index (χ2n) is 3.67. The van der Waals surface area contributed by atoms with Gasteiger partial charge in [0.05, 0.1) is 0 Å². The van der Waals surface area contributed by atoms with Crippen LogP contribution in [0.1, 0.15) is 38.2 Å². The summed E-state index contributed by atoms with van der Waals surface area (Å²) in [7, 11) is 0. The Kier molecular flexibility index (Phi) is 5.06. The lowest BCUT2D eigenvalue weighted by Crippen LogP contribution is -1.79. The summed E-state index contributed by atoms with van der Waals surface area (Å²) in [5.41, 5.74) is 2.50. The van der Waals surface area contributed by atoms with Crippen molar-refractivity contribution in [1.29, 1.82) is 0 Å². The van der Waals surface area contributed by atoms with E-state index < -0.39 is 0 Å². The molecule has 0 N–H and O–H groups in total. The molecule has 14 heavy (non-hydrogen) atoms. The first-order chi connectivity index (χ1) is 6.83. The number of benzene rings is 1. The van der Waals surface area contributed by atoms with Crippen molar-refractivity contribution in [2.75, 3.05) is 0 Å². The lowest BCUT2D eigenvalue weighted by molar-refractivity contribution is 0.720. The van der Waals surface area contributed by atoms with Crippen molar-refractivity contribution in [3.63, 3.8) is 0 Å². The van der Waals surface area contributed by atoms with Gasteiger partial charge in [0.2, 0.25) is 0 Å². The Morgan fingerprint density at radius 1 is 1.21 bits per heavy atom. The fourth-order valence-corrected chi connectivity index (χ4v) is 1.46. The van der Waals surface area contributed by atoms with Gasteiger partial charge in [0.15, 0.2) is 0 Å². The number of rotatable bonds is 5. The predicted molar refractivity (Wildman–Crippen MR) is 63.9 cm³/mol. The second-order valence-corrected chi connectivity index (χ2v) is 3.67. The lowest BCUT2D eigenvalue weighted by Gasteiger charge is -2.00. The Morgan fingerprint density at radius 3 is 2.57 bits per heavy atom. The van der Waals surface area contributed by atoms with Crippen LogP contribution in [0.25, 0.3) is 6.08 Å². The van der Waals surface area contributed by atoms with Gasteiger partial charge in [0, 0.05) is 0 Å². The van der Waals surface area contributed by atoms with Gasteiger partial charge in [-0.05, 0) is 25.3 Å². The number of allylic oxidation sites excluding steroid dienone is 1. The van der Waals surface area contributed by atoms with E-state index in [1.165, 1.54) is 30.4 Å². The molecule has 1 radical (unpaired) electrons. The van der Waals surface area contributed by atoms with E-state index in [1.807, 2.05) is 6.07 Å². The third-order valence-electron chi connectivity index (χ3n) is 2.27. The number of hydrogen-bond acceptors (Lipinski definition) is 0. The van der Waals surface area contributed by atoms with E-state index >= 15 is 0 Å². The Hall–Kier alpha value is -1.04. The van der Waals surface area contributed by atoms with Gasteiger partial charge < -0.3 is 0 Å². The summed E-state index contributed by atoms with van der Waals surface area (Å²) in [6, 6.07) is 10.4. The minimum atomic E-state index is 1.13. The normalized spacial score (nSPS) is 11.7. The molecular formula is C14H19. The number of hydrogen-bond donors (Lipinski definition) is 0. The summed E-state index contributed by atoms with van der Waals surface area (Å²) < 4.78 is 0. The highest BCUT2D eigenvalue weighted by molar-refractivity contribution is 5.53. The average Bonchev–Trinajstić information content (AvgIpc) is 2.20. The second kappa shape index (κ2) is 6.42. The molecule has 0 fully saturated rings. The first-order valence-electron chi connectivity index (χ1n) is 5.40. The quantitative estimate of drug-likeness (QED) is 0.596. The van der Waals surface area contributed by atoms with Crippen molar-refractivity contribution in [2.45, 2.75) is 32.6 Å². The SMILES string of the molecule is [CH2]C(=Cc1ccccc1)CCCCC. The summed E-state index contributed by atoms with van der Waals surface area (Å²) in [4.78, 5) is 0. The maximum absolute atomic E-state index is 4.07. The van der Waals surface area contributed by atoms with Crippen LogP contribution in [-0.2, 0) is 0 Å². The Balaban J connectivity index is 2.43. The molecule has 0 aromatic heterocycles. The molecule has 0 aliphatic carbocycles. The zero-order chi connectivity index (χ0) is 10.2. The third kappa shape index (κ3) is 4.27. The first-order valence-corrected chi connectivity index (χ1v) is 5.40. The summed E-state index contributed by atoms with van der Waals surface area (Å²) >= 11 is 0. The van der Waals surface area contributed by atoms with Crippen LogP contribution in [0.5, 0.6) is 0 Å². The van der Waals surface area contributed by atoms with Gasteiger partial charge in [0.25, 0.3) is 0 Å². The van der Waals surface area contributed by atoms with Crippen molar-refractivity contribution in [3.05, 3.63) is 48.4 Å². The van der Waals surface area contributed by atoms with Gasteiger partial charge in [-0.3, -0.25) is 0 Å². The van der Waals surface area contributed by atoms with E-state index in [2.05, 4.69) is 44.2 Å². The van der Waals surface area contributed by atoms with Gasteiger partial charge in [-0.1, -0.05) is 61.7 Å². The molecule has 1 aromatic carbocycles. The zero-order valence-electron chi connectivity index (χ0n) is 9.00. The molecular weight excluding hydrogens is 168 g/mol. The molecule has 0 unspecified atom stereocenters. The highest BCUT2D eigenvalue weighted by atomic mass is 14.0. The van der Waals surface area contributed by atoms with E-state index in [4.69, 9.17) is 0 Å². The minimum absolute atomic E-state index is 1.13. The molecule has 0 amide bonds. The molecule has 0 atom stereocenters. The average molecular weight is 187 g/mol. The van der Waals surface area contributed by atoms with E-state index in [-0.39, 0.29) is 0 Å². The van der Waals surface area contributed by atoms with Crippen LogP contribution in [0, 0.1) is 6.92 Å². The van der Waals surface area contributed by atoms with Gasteiger partial charge in [-0.15, -0.1) is 0 Å². The largest absolute Gasteiger partial charge is 0.0693 e. The Labute approximate surface area is 87.7 Å². The van der Waals surface area contributed by atoms with E-state index in [0.717, 1.165) is 6.42 Å². The standard InChI is InChI=1S/C14H19/c1-3-4-6-9-13(2)12-14-10-7-5-8-11-14/h5,7-8,10-12H,2-4,6,9H2,1H3. The van der Waals surface area contributed by atoms with Crippen molar-refractivity contribution < 1.29 is 0 Å². The van der Waals surface area contributed by atoms with Crippen LogP contribution in [0.2, 0.25) is 0 Å². The number of unbranched alkanes of at least 4 members (excludes halogenated alkanes) is 2. The van der Waals surface area contributed by atoms with Gasteiger partial charge in [0.1, 0.15) is 0 Å². The Bertz CT molecular complexity index is 269.